The van der Waals surface area contributed by atoms with Crippen LogP contribution in [-0.4, -0.2) is 13.4 Å². The third kappa shape index (κ3) is 3.22. The van der Waals surface area contributed by atoms with Gasteiger partial charge in [-0.25, -0.2) is 8.42 Å². The number of rotatable bonds is 4. The highest BCUT2D eigenvalue weighted by Gasteiger charge is 2.20. The number of fused-ring (bicyclic) bond motifs is 1. The van der Waals surface area contributed by atoms with Crippen LogP contribution in [0.3, 0.4) is 0 Å². The van der Waals surface area contributed by atoms with Gasteiger partial charge in [0.15, 0.2) is 5.43 Å². The van der Waals surface area contributed by atoms with Crippen LogP contribution in [0.25, 0.3) is 22.0 Å². The van der Waals surface area contributed by atoms with Gasteiger partial charge in [0.2, 0.25) is 0 Å². The van der Waals surface area contributed by atoms with Gasteiger partial charge in [0.1, 0.15) is 5.82 Å². The molecule has 0 radical (unpaired) electrons. The highest BCUT2D eigenvalue weighted by atomic mass is 32.2. The third-order valence-electron chi connectivity index (χ3n) is 4.26. The van der Waals surface area contributed by atoms with E-state index in [1.54, 1.807) is 66.7 Å². The fourth-order valence-corrected chi connectivity index (χ4v) is 4.04. The van der Waals surface area contributed by atoms with Crippen molar-refractivity contribution < 1.29 is 8.42 Å². The fraction of sp³-hybridized carbons (Fsp3) is 0. The Morgan fingerprint density at radius 1 is 0.741 bits per heavy atom. The number of benzene rings is 3. The van der Waals surface area contributed by atoms with Crippen LogP contribution >= 0.6 is 0 Å². The first kappa shape index (κ1) is 17.1. The average Bonchev–Trinajstić information content (AvgIpc) is 2.69. The highest BCUT2D eigenvalue weighted by Crippen LogP contribution is 2.27. The predicted octanol–water partition coefficient (Wildman–Crippen LogP) is 4.00. The zero-order chi connectivity index (χ0) is 18.9. The van der Waals surface area contributed by atoms with Crippen LogP contribution in [0.15, 0.2) is 94.6 Å². The summed E-state index contributed by atoms with van der Waals surface area (Å²) in [6.07, 6.45) is 0. The van der Waals surface area contributed by atoms with Gasteiger partial charge in [-0.3, -0.25) is 9.52 Å². The molecule has 3 aromatic carbocycles. The molecular formula is C21H16N2O3S. The minimum atomic E-state index is -3.85. The lowest BCUT2D eigenvalue weighted by Gasteiger charge is -2.14. The smallest absolute Gasteiger partial charge is 0.263 e. The number of aromatic amines is 1. The maximum Gasteiger partial charge on any atom is 0.263 e. The second-order valence-corrected chi connectivity index (χ2v) is 7.72. The monoisotopic (exact) mass is 376 g/mol. The van der Waals surface area contributed by atoms with Crippen LogP contribution in [0.1, 0.15) is 0 Å². The van der Waals surface area contributed by atoms with Gasteiger partial charge >= 0.3 is 0 Å². The van der Waals surface area contributed by atoms with Crippen molar-refractivity contribution in [3.8, 4) is 11.1 Å². The first-order valence-electron chi connectivity index (χ1n) is 8.34. The van der Waals surface area contributed by atoms with Gasteiger partial charge in [-0.2, -0.15) is 0 Å². The molecular weight excluding hydrogens is 360 g/mol. The van der Waals surface area contributed by atoms with Gasteiger partial charge < -0.3 is 4.98 Å². The molecule has 0 amide bonds. The van der Waals surface area contributed by atoms with E-state index in [-0.39, 0.29) is 21.7 Å². The lowest BCUT2D eigenvalue weighted by molar-refractivity contribution is 0.601. The number of aromatic nitrogens is 1. The van der Waals surface area contributed by atoms with Crippen LogP contribution in [0.5, 0.6) is 0 Å². The zero-order valence-electron chi connectivity index (χ0n) is 14.2. The fourth-order valence-electron chi connectivity index (χ4n) is 2.99. The number of nitrogens with one attached hydrogen (secondary N) is 2. The van der Waals surface area contributed by atoms with Crippen LogP contribution in [0, 0.1) is 0 Å². The summed E-state index contributed by atoms with van der Waals surface area (Å²) in [6.45, 7) is 0. The molecule has 0 unspecified atom stereocenters. The summed E-state index contributed by atoms with van der Waals surface area (Å²) in [4.78, 5) is 16.3. The maximum atomic E-state index is 13.1. The van der Waals surface area contributed by atoms with Gasteiger partial charge in [-0.1, -0.05) is 60.7 Å². The molecule has 134 valence electrons. The van der Waals surface area contributed by atoms with Gasteiger partial charge in [-0.15, -0.1) is 0 Å². The van der Waals surface area contributed by atoms with E-state index >= 15 is 0 Å². The molecule has 0 atom stereocenters. The van der Waals surface area contributed by atoms with Crippen LogP contribution in [-0.2, 0) is 10.0 Å². The van der Waals surface area contributed by atoms with E-state index in [9.17, 15) is 13.2 Å². The van der Waals surface area contributed by atoms with Crippen molar-refractivity contribution in [2.45, 2.75) is 4.90 Å². The molecule has 0 aliphatic rings. The summed E-state index contributed by atoms with van der Waals surface area (Å²) in [5.74, 6) is 0.147. The number of pyridine rings is 1. The first-order chi connectivity index (χ1) is 13.1. The molecule has 0 spiro atoms. The van der Waals surface area contributed by atoms with Crippen molar-refractivity contribution in [1.82, 2.24) is 4.98 Å². The Labute approximate surface area is 156 Å². The number of sulfonamides is 1. The molecule has 4 rings (SSSR count). The summed E-state index contributed by atoms with van der Waals surface area (Å²) in [6, 6.07) is 24.1. The maximum absolute atomic E-state index is 13.1. The average molecular weight is 376 g/mol. The SMILES string of the molecule is O=c1c(-c2ccccc2)c(NS(=O)(=O)c2ccccc2)[nH]c2ccccc12. The van der Waals surface area contributed by atoms with Crippen molar-refractivity contribution in [1.29, 1.82) is 0 Å². The molecule has 0 saturated heterocycles. The molecule has 0 aliphatic heterocycles. The van der Waals surface area contributed by atoms with E-state index in [4.69, 9.17) is 0 Å². The van der Waals surface area contributed by atoms with E-state index in [0.717, 1.165) is 0 Å². The topological polar surface area (TPSA) is 79.0 Å². The minimum Gasteiger partial charge on any atom is -0.340 e. The Morgan fingerprint density at radius 2 is 1.33 bits per heavy atom. The van der Waals surface area contributed by atoms with Crippen molar-refractivity contribution in [2.24, 2.45) is 0 Å². The van der Waals surface area contributed by atoms with E-state index in [1.807, 2.05) is 6.07 Å². The van der Waals surface area contributed by atoms with E-state index in [1.165, 1.54) is 12.1 Å². The van der Waals surface area contributed by atoms with Gasteiger partial charge in [0, 0.05) is 5.39 Å². The number of hydrogen-bond donors (Lipinski definition) is 2. The Morgan fingerprint density at radius 3 is 2.04 bits per heavy atom. The molecule has 6 heteroatoms. The molecule has 1 heterocycles. The van der Waals surface area contributed by atoms with Crippen LogP contribution in [0.4, 0.5) is 5.82 Å². The van der Waals surface area contributed by atoms with E-state index in [2.05, 4.69) is 9.71 Å². The van der Waals surface area contributed by atoms with Gasteiger partial charge in [0.25, 0.3) is 10.0 Å². The van der Waals surface area contributed by atoms with Crippen molar-refractivity contribution in [2.75, 3.05) is 4.72 Å². The van der Waals surface area contributed by atoms with Crippen LogP contribution in [0.2, 0.25) is 0 Å². The van der Waals surface area contributed by atoms with Crippen molar-refractivity contribution in [3.05, 3.63) is 95.2 Å². The van der Waals surface area contributed by atoms with Crippen molar-refractivity contribution in [3.63, 3.8) is 0 Å². The summed E-state index contributed by atoms with van der Waals surface area (Å²) in [5.41, 5.74) is 1.25. The summed E-state index contributed by atoms with van der Waals surface area (Å²) >= 11 is 0. The van der Waals surface area contributed by atoms with E-state index < -0.39 is 10.0 Å². The first-order valence-corrected chi connectivity index (χ1v) is 9.83. The summed E-state index contributed by atoms with van der Waals surface area (Å²) in [5, 5.41) is 0.499. The quantitative estimate of drug-likeness (QED) is 0.565. The van der Waals surface area contributed by atoms with E-state index in [0.29, 0.717) is 16.5 Å². The molecule has 0 aliphatic carbocycles. The number of anilines is 1. The molecule has 4 aromatic rings. The number of hydrogen-bond acceptors (Lipinski definition) is 3. The Balaban J connectivity index is 1.96. The largest absolute Gasteiger partial charge is 0.340 e. The lowest BCUT2D eigenvalue weighted by atomic mass is 10.0. The molecule has 0 bridgehead atoms. The molecule has 5 nitrogen and oxygen atoms in total. The molecule has 1 aromatic heterocycles. The minimum absolute atomic E-state index is 0.123. The Bertz CT molecular complexity index is 1270. The molecule has 2 N–H and O–H groups in total. The number of para-hydroxylation sites is 1. The highest BCUT2D eigenvalue weighted by molar-refractivity contribution is 7.92. The Kier molecular flexibility index (Phi) is 4.25. The second-order valence-electron chi connectivity index (χ2n) is 6.03. The molecule has 0 fully saturated rings. The van der Waals surface area contributed by atoms with Crippen molar-refractivity contribution >= 4 is 26.7 Å². The number of H-pyrrole nitrogens is 1. The third-order valence-corrected chi connectivity index (χ3v) is 5.63. The second kappa shape index (κ2) is 6.74. The normalized spacial score (nSPS) is 11.4. The summed E-state index contributed by atoms with van der Waals surface area (Å²) in [7, 11) is -3.85. The van der Waals surface area contributed by atoms with Gasteiger partial charge in [0.05, 0.1) is 16.0 Å². The predicted molar refractivity (Wildman–Crippen MR) is 107 cm³/mol. The van der Waals surface area contributed by atoms with Gasteiger partial charge in [-0.05, 0) is 29.8 Å². The Hall–Kier alpha value is -3.38. The zero-order valence-corrected chi connectivity index (χ0v) is 15.0. The summed E-state index contributed by atoms with van der Waals surface area (Å²) < 4.78 is 28.1. The molecule has 0 saturated carbocycles. The lowest BCUT2D eigenvalue weighted by Crippen LogP contribution is -2.18. The van der Waals surface area contributed by atoms with Crippen LogP contribution < -0.4 is 10.2 Å². The standard InChI is InChI=1S/C21H16N2O3S/c24-20-17-13-7-8-14-18(17)22-21(19(20)15-9-3-1-4-10-15)23-27(25,26)16-11-5-2-6-12-16/h1-14H,(H2,22,23,24). The molecule has 27 heavy (non-hydrogen) atoms.